The molecule has 0 aromatic heterocycles. The van der Waals surface area contributed by atoms with Crippen LogP contribution in [0.1, 0.15) is 0 Å². The van der Waals surface area contributed by atoms with Crippen LogP contribution in [0.5, 0.6) is 0 Å². The minimum Gasteiger partial charge on any atom is -0.479 e. The minimum atomic E-state index is -6.08. The standard InChI is InChI=1S/C6H6F5NO4/c7-5(8,6(9,10)11)4(16)12-1-2(13)3(14)15/h2,13H,1H2,(H,12,16)(H,14,15). The van der Waals surface area contributed by atoms with Crippen molar-refractivity contribution in [3.8, 4) is 0 Å². The van der Waals surface area contributed by atoms with Gasteiger partial charge in [0.15, 0.2) is 6.10 Å². The second-order valence-electron chi connectivity index (χ2n) is 2.64. The molecule has 0 rings (SSSR count). The van der Waals surface area contributed by atoms with Crippen LogP contribution in [-0.4, -0.2) is 46.8 Å². The van der Waals surface area contributed by atoms with Crippen LogP contribution in [0, 0.1) is 0 Å². The summed E-state index contributed by atoms with van der Waals surface area (Å²) in [4.78, 5) is 20.3. The minimum absolute atomic E-state index is 0.971. The maximum atomic E-state index is 12.2. The number of alkyl halides is 5. The molecule has 0 aliphatic heterocycles. The number of carboxylic acids is 1. The largest absolute Gasteiger partial charge is 0.479 e. The number of halogens is 5. The number of rotatable bonds is 4. The number of hydrogen-bond donors (Lipinski definition) is 3. The van der Waals surface area contributed by atoms with Crippen LogP contribution >= 0.6 is 0 Å². The van der Waals surface area contributed by atoms with Gasteiger partial charge in [0.2, 0.25) is 0 Å². The van der Waals surface area contributed by atoms with E-state index in [4.69, 9.17) is 10.2 Å². The average Bonchev–Trinajstić information content (AvgIpc) is 2.11. The van der Waals surface area contributed by atoms with Crippen LogP contribution < -0.4 is 5.32 Å². The topological polar surface area (TPSA) is 86.6 Å². The molecule has 10 heteroatoms. The lowest BCUT2D eigenvalue weighted by atomic mass is 10.3. The van der Waals surface area contributed by atoms with E-state index in [0.29, 0.717) is 0 Å². The number of aliphatic hydroxyl groups excluding tert-OH is 1. The normalized spacial score (nSPS) is 14.4. The average molecular weight is 251 g/mol. The van der Waals surface area contributed by atoms with Crippen LogP contribution in [0.4, 0.5) is 22.0 Å². The molecule has 3 N–H and O–H groups in total. The van der Waals surface area contributed by atoms with Crippen molar-refractivity contribution in [1.29, 1.82) is 0 Å². The van der Waals surface area contributed by atoms with E-state index >= 15 is 0 Å². The molecule has 0 aromatic rings. The van der Waals surface area contributed by atoms with Crippen LogP contribution in [0.15, 0.2) is 0 Å². The quantitative estimate of drug-likeness (QED) is 0.601. The van der Waals surface area contributed by atoms with E-state index in [9.17, 15) is 31.5 Å². The fourth-order valence-corrected chi connectivity index (χ4v) is 0.516. The Morgan fingerprint density at radius 3 is 1.94 bits per heavy atom. The van der Waals surface area contributed by atoms with Gasteiger partial charge in [0, 0.05) is 0 Å². The van der Waals surface area contributed by atoms with Gasteiger partial charge in [-0.1, -0.05) is 0 Å². The van der Waals surface area contributed by atoms with Crippen molar-refractivity contribution < 1.29 is 41.8 Å². The number of carbonyl (C=O) groups excluding carboxylic acids is 1. The number of aliphatic hydroxyl groups is 1. The maximum Gasteiger partial charge on any atom is 0.463 e. The van der Waals surface area contributed by atoms with E-state index in [-0.39, 0.29) is 0 Å². The highest BCUT2D eigenvalue weighted by Crippen LogP contribution is 2.35. The maximum absolute atomic E-state index is 12.2. The van der Waals surface area contributed by atoms with Gasteiger partial charge in [0.05, 0.1) is 6.54 Å². The van der Waals surface area contributed by atoms with E-state index in [2.05, 4.69) is 0 Å². The zero-order valence-corrected chi connectivity index (χ0v) is 7.39. The summed E-state index contributed by atoms with van der Waals surface area (Å²) in [5.41, 5.74) is 0. The molecule has 0 saturated carbocycles. The Labute approximate surface area is 84.9 Å². The Bertz CT molecular complexity index is 289. The van der Waals surface area contributed by atoms with Crippen LogP contribution in [-0.2, 0) is 9.59 Å². The first-order valence-corrected chi connectivity index (χ1v) is 3.64. The van der Waals surface area contributed by atoms with Crippen LogP contribution in [0.25, 0.3) is 0 Å². The van der Waals surface area contributed by atoms with Gasteiger partial charge in [-0.3, -0.25) is 4.79 Å². The summed E-state index contributed by atoms with van der Waals surface area (Å²) < 4.78 is 59.2. The highest BCUT2D eigenvalue weighted by Gasteiger charge is 2.63. The molecule has 0 aliphatic rings. The highest BCUT2D eigenvalue weighted by molar-refractivity contribution is 5.85. The molecule has 5 nitrogen and oxygen atoms in total. The SMILES string of the molecule is O=C(O)C(O)CNC(=O)C(F)(F)C(F)(F)F. The van der Waals surface area contributed by atoms with Crippen molar-refractivity contribution in [3.05, 3.63) is 0 Å². The van der Waals surface area contributed by atoms with Crippen molar-refractivity contribution in [1.82, 2.24) is 5.32 Å². The monoisotopic (exact) mass is 251 g/mol. The van der Waals surface area contributed by atoms with Crippen molar-refractivity contribution in [2.75, 3.05) is 6.54 Å². The van der Waals surface area contributed by atoms with Crippen LogP contribution in [0.3, 0.4) is 0 Å². The summed E-state index contributed by atoms with van der Waals surface area (Å²) in [6, 6.07) is 0. The molecule has 0 aromatic carbocycles. The molecule has 0 radical (unpaired) electrons. The fraction of sp³-hybridized carbons (Fsp3) is 0.667. The number of hydrogen-bond acceptors (Lipinski definition) is 3. The van der Waals surface area contributed by atoms with Gasteiger partial charge in [0.1, 0.15) is 0 Å². The Morgan fingerprint density at radius 2 is 1.62 bits per heavy atom. The van der Waals surface area contributed by atoms with Crippen molar-refractivity contribution >= 4 is 11.9 Å². The smallest absolute Gasteiger partial charge is 0.463 e. The summed E-state index contributed by atoms with van der Waals surface area (Å²) in [7, 11) is 0. The lowest BCUT2D eigenvalue weighted by Gasteiger charge is -2.18. The van der Waals surface area contributed by atoms with Gasteiger partial charge in [-0.15, -0.1) is 0 Å². The van der Waals surface area contributed by atoms with Crippen molar-refractivity contribution in [3.63, 3.8) is 0 Å². The predicted octanol–water partition coefficient (Wildman–Crippen LogP) is -0.254. The van der Waals surface area contributed by atoms with Gasteiger partial charge in [0.25, 0.3) is 5.91 Å². The first-order valence-electron chi connectivity index (χ1n) is 3.64. The molecule has 0 bridgehead atoms. The molecule has 16 heavy (non-hydrogen) atoms. The zero-order valence-electron chi connectivity index (χ0n) is 7.39. The second kappa shape index (κ2) is 4.60. The summed E-state index contributed by atoms with van der Waals surface area (Å²) in [5, 5.41) is 17.5. The summed E-state index contributed by atoms with van der Waals surface area (Å²) in [6.07, 6.45) is -8.33. The molecular weight excluding hydrogens is 245 g/mol. The Balaban J connectivity index is 4.44. The number of carboxylic acid groups (broad SMARTS) is 1. The first-order chi connectivity index (χ1) is 7.00. The Kier molecular flexibility index (Phi) is 4.18. The van der Waals surface area contributed by atoms with E-state index in [1.807, 2.05) is 0 Å². The van der Waals surface area contributed by atoms with Crippen molar-refractivity contribution in [2.24, 2.45) is 0 Å². The summed E-state index contributed by atoms with van der Waals surface area (Å²) >= 11 is 0. The summed E-state index contributed by atoms with van der Waals surface area (Å²) in [6.45, 7) is -1.25. The number of amides is 1. The number of nitrogens with one attached hydrogen (secondary N) is 1. The highest BCUT2D eigenvalue weighted by atomic mass is 19.4. The Hall–Kier alpha value is -1.45. The van der Waals surface area contributed by atoms with Gasteiger partial charge in [-0.05, 0) is 0 Å². The molecule has 0 heterocycles. The zero-order chi connectivity index (χ0) is 13.1. The second-order valence-corrected chi connectivity index (χ2v) is 2.64. The predicted molar refractivity (Wildman–Crippen MR) is 37.7 cm³/mol. The van der Waals surface area contributed by atoms with Gasteiger partial charge in [-0.2, -0.15) is 22.0 Å². The number of carbonyl (C=O) groups is 2. The van der Waals surface area contributed by atoms with E-state index in [1.54, 1.807) is 0 Å². The van der Waals surface area contributed by atoms with E-state index < -0.39 is 36.6 Å². The lowest BCUT2D eigenvalue weighted by molar-refractivity contribution is -0.269. The van der Waals surface area contributed by atoms with Gasteiger partial charge >= 0.3 is 18.1 Å². The first kappa shape index (κ1) is 14.5. The molecule has 1 unspecified atom stereocenters. The molecule has 0 saturated heterocycles. The molecule has 0 aliphatic carbocycles. The molecule has 1 atom stereocenters. The third kappa shape index (κ3) is 3.29. The van der Waals surface area contributed by atoms with E-state index in [0.717, 1.165) is 5.32 Å². The van der Waals surface area contributed by atoms with E-state index in [1.165, 1.54) is 0 Å². The number of aliphatic carboxylic acids is 1. The van der Waals surface area contributed by atoms with Gasteiger partial charge < -0.3 is 15.5 Å². The fourth-order valence-electron chi connectivity index (χ4n) is 0.516. The van der Waals surface area contributed by atoms with Crippen LogP contribution in [0.2, 0.25) is 0 Å². The lowest BCUT2D eigenvalue weighted by Crippen LogP contribution is -2.52. The third-order valence-electron chi connectivity index (χ3n) is 1.38. The molecule has 94 valence electrons. The Morgan fingerprint density at radius 1 is 1.19 bits per heavy atom. The molecule has 0 fully saturated rings. The summed E-state index contributed by atoms with van der Waals surface area (Å²) in [5.74, 6) is -10.2. The molecule has 1 amide bonds. The molecular formula is C6H6F5NO4. The van der Waals surface area contributed by atoms with Crippen molar-refractivity contribution in [2.45, 2.75) is 18.2 Å². The molecule has 0 spiro atoms. The van der Waals surface area contributed by atoms with Gasteiger partial charge in [-0.25, -0.2) is 4.79 Å². The third-order valence-corrected chi connectivity index (χ3v) is 1.38.